The minimum absolute atomic E-state index is 0.0607. The molecule has 0 saturated heterocycles. The van der Waals surface area contributed by atoms with Gasteiger partial charge in [0.05, 0.1) is 6.54 Å². The van der Waals surface area contributed by atoms with Gasteiger partial charge in [-0.15, -0.1) is 0 Å². The zero-order valence-corrected chi connectivity index (χ0v) is 10.1. The number of urea groups is 1. The van der Waals surface area contributed by atoms with Crippen LogP contribution in [-0.4, -0.2) is 40.9 Å². The lowest BCUT2D eigenvalue weighted by Crippen LogP contribution is -2.48. The van der Waals surface area contributed by atoms with E-state index in [9.17, 15) is 9.59 Å². The molecule has 0 rings (SSSR count). The first-order valence-corrected chi connectivity index (χ1v) is 5.10. The maximum atomic E-state index is 11.3. The highest BCUT2D eigenvalue weighted by molar-refractivity contribution is 5.76. The van der Waals surface area contributed by atoms with E-state index < -0.39 is 18.1 Å². The van der Waals surface area contributed by atoms with E-state index in [4.69, 9.17) is 10.2 Å². The summed E-state index contributed by atoms with van der Waals surface area (Å²) in [4.78, 5) is 21.6. The van der Waals surface area contributed by atoms with Gasteiger partial charge in [-0.1, -0.05) is 20.8 Å². The number of carboxylic acid groups (broad SMARTS) is 1. The highest BCUT2D eigenvalue weighted by Crippen LogP contribution is 2.18. The first-order chi connectivity index (χ1) is 7.14. The molecule has 2 amide bonds. The molecular weight excluding hydrogens is 212 g/mol. The summed E-state index contributed by atoms with van der Waals surface area (Å²) in [5.74, 6) is -1.36. The van der Waals surface area contributed by atoms with Crippen molar-refractivity contribution >= 4 is 12.0 Å². The van der Waals surface area contributed by atoms with Crippen LogP contribution < -0.4 is 10.6 Å². The monoisotopic (exact) mass is 232 g/mol. The second kappa shape index (κ2) is 5.69. The van der Waals surface area contributed by atoms with Gasteiger partial charge >= 0.3 is 12.0 Å². The fourth-order valence-corrected chi connectivity index (χ4v) is 0.741. The molecule has 0 aliphatic heterocycles. The molecule has 0 spiro atoms. The minimum atomic E-state index is -1.57. The molecule has 0 aliphatic carbocycles. The third-order valence-electron chi connectivity index (χ3n) is 2.39. The molecule has 0 aromatic rings. The molecule has 1 unspecified atom stereocenters. The number of hydrogen-bond acceptors (Lipinski definition) is 3. The van der Waals surface area contributed by atoms with E-state index >= 15 is 0 Å². The largest absolute Gasteiger partial charge is 0.479 e. The number of carboxylic acids is 1. The maximum absolute atomic E-state index is 11.3. The Morgan fingerprint density at radius 3 is 2.19 bits per heavy atom. The highest BCUT2D eigenvalue weighted by Gasteiger charge is 2.22. The zero-order chi connectivity index (χ0) is 12.9. The van der Waals surface area contributed by atoms with Crippen LogP contribution in [-0.2, 0) is 4.79 Å². The molecule has 0 saturated carbocycles. The van der Waals surface area contributed by atoms with Crippen molar-refractivity contribution in [2.24, 2.45) is 5.41 Å². The van der Waals surface area contributed by atoms with Crippen molar-refractivity contribution in [1.82, 2.24) is 10.6 Å². The first-order valence-electron chi connectivity index (χ1n) is 5.10. The van der Waals surface area contributed by atoms with Crippen LogP contribution in [0.15, 0.2) is 0 Å². The molecule has 6 nitrogen and oxygen atoms in total. The van der Waals surface area contributed by atoms with Crippen molar-refractivity contribution in [3.63, 3.8) is 0 Å². The highest BCUT2D eigenvalue weighted by atomic mass is 16.4. The molecule has 2 atom stereocenters. The number of carbonyl (C=O) groups excluding carboxylic acids is 1. The Hall–Kier alpha value is -1.30. The molecular formula is C10H20N2O4. The number of amides is 2. The number of carbonyl (C=O) groups is 2. The second-order valence-corrected chi connectivity index (χ2v) is 4.80. The van der Waals surface area contributed by atoms with E-state index in [1.54, 1.807) is 0 Å². The molecule has 0 aromatic heterocycles. The average Bonchev–Trinajstić information content (AvgIpc) is 2.12. The van der Waals surface area contributed by atoms with Crippen molar-refractivity contribution in [3.8, 4) is 0 Å². The number of aliphatic carboxylic acids is 1. The van der Waals surface area contributed by atoms with E-state index in [0.717, 1.165) is 0 Å². The van der Waals surface area contributed by atoms with E-state index in [2.05, 4.69) is 10.6 Å². The molecule has 0 radical (unpaired) electrons. The van der Waals surface area contributed by atoms with E-state index in [0.29, 0.717) is 0 Å². The first kappa shape index (κ1) is 14.7. The normalized spacial score (nSPS) is 15.1. The van der Waals surface area contributed by atoms with Gasteiger partial charge in [-0.2, -0.15) is 0 Å². The molecule has 0 aliphatic rings. The number of rotatable bonds is 4. The summed E-state index contributed by atoms with van der Waals surface area (Å²) in [5, 5.41) is 22.3. The molecule has 0 aromatic carbocycles. The average molecular weight is 232 g/mol. The van der Waals surface area contributed by atoms with Gasteiger partial charge in [0, 0.05) is 6.04 Å². The maximum Gasteiger partial charge on any atom is 0.334 e. The van der Waals surface area contributed by atoms with E-state index in [1.165, 1.54) is 0 Å². The van der Waals surface area contributed by atoms with Crippen molar-refractivity contribution in [1.29, 1.82) is 0 Å². The Bertz CT molecular complexity index is 260. The predicted molar refractivity (Wildman–Crippen MR) is 59.1 cm³/mol. The van der Waals surface area contributed by atoms with Gasteiger partial charge < -0.3 is 20.8 Å². The minimum Gasteiger partial charge on any atom is -0.479 e. The van der Waals surface area contributed by atoms with Crippen LogP contribution in [0.1, 0.15) is 27.7 Å². The van der Waals surface area contributed by atoms with Gasteiger partial charge in [-0.3, -0.25) is 0 Å². The number of aliphatic hydroxyl groups is 1. The number of nitrogens with one attached hydrogen (secondary N) is 2. The van der Waals surface area contributed by atoms with E-state index in [-0.39, 0.29) is 18.0 Å². The fraction of sp³-hybridized carbons (Fsp3) is 0.800. The summed E-state index contributed by atoms with van der Waals surface area (Å²) in [7, 11) is 0. The lowest BCUT2D eigenvalue weighted by Gasteiger charge is -2.28. The third-order valence-corrected chi connectivity index (χ3v) is 2.39. The standard InChI is InChI=1S/C10H20N2O4/c1-6(10(2,3)4)12-9(16)11-5-7(13)8(14)15/h6-7,13H,5H2,1-4H3,(H,14,15)(H2,11,12,16)/t6?,7-/m0/s1. The van der Waals surface area contributed by atoms with Crippen LogP contribution in [0.4, 0.5) is 4.79 Å². The Kier molecular flexibility index (Phi) is 5.23. The lowest BCUT2D eigenvalue weighted by atomic mass is 9.88. The summed E-state index contributed by atoms with van der Waals surface area (Å²) in [6.07, 6.45) is -1.57. The smallest absolute Gasteiger partial charge is 0.334 e. The van der Waals surface area contributed by atoms with Gasteiger partial charge in [-0.05, 0) is 12.3 Å². The van der Waals surface area contributed by atoms with Crippen LogP contribution in [0.25, 0.3) is 0 Å². The Labute approximate surface area is 95.0 Å². The summed E-state index contributed by atoms with van der Waals surface area (Å²) in [6.45, 7) is 7.48. The van der Waals surface area contributed by atoms with Crippen molar-refractivity contribution in [2.45, 2.75) is 39.8 Å². The second-order valence-electron chi connectivity index (χ2n) is 4.80. The Balaban J connectivity index is 3.97. The summed E-state index contributed by atoms with van der Waals surface area (Å²) in [6, 6.07) is -0.544. The molecule has 94 valence electrons. The molecule has 0 fully saturated rings. The summed E-state index contributed by atoms with van der Waals surface area (Å²) >= 11 is 0. The quantitative estimate of drug-likeness (QED) is 0.555. The van der Waals surface area contributed by atoms with Gasteiger partial charge in [0.25, 0.3) is 0 Å². The number of hydrogen-bond donors (Lipinski definition) is 4. The van der Waals surface area contributed by atoms with Crippen molar-refractivity contribution in [3.05, 3.63) is 0 Å². The fourth-order valence-electron chi connectivity index (χ4n) is 0.741. The molecule has 6 heteroatoms. The van der Waals surface area contributed by atoms with Gasteiger partial charge in [-0.25, -0.2) is 9.59 Å². The Morgan fingerprint density at radius 2 is 1.81 bits per heavy atom. The Morgan fingerprint density at radius 1 is 1.31 bits per heavy atom. The molecule has 4 N–H and O–H groups in total. The van der Waals surface area contributed by atoms with Crippen LogP contribution in [0.2, 0.25) is 0 Å². The van der Waals surface area contributed by atoms with Crippen molar-refractivity contribution in [2.75, 3.05) is 6.54 Å². The van der Waals surface area contributed by atoms with Gasteiger partial charge in [0.15, 0.2) is 6.10 Å². The molecule has 16 heavy (non-hydrogen) atoms. The van der Waals surface area contributed by atoms with Gasteiger partial charge in [0.1, 0.15) is 0 Å². The van der Waals surface area contributed by atoms with Crippen molar-refractivity contribution < 1.29 is 19.8 Å². The third kappa shape index (κ3) is 5.55. The topological polar surface area (TPSA) is 98.7 Å². The predicted octanol–water partition coefficient (Wildman–Crippen LogP) is 0.166. The summed E-state index contributed by atoms with van der Waals surface area (Å²) in [5.41, 5.74) is -0.0806. The zero-order valence-electron chi connectivity index (χ0n) is 10.1. The lowest BCUT2D eigenvalue weighted by molar-refractivity contribution is -0.146. The van der Waals surface area contributed by atoms with Crippen LogP contribution in [0.3, 0.4) is 0 Å². The van der Waals surface area contributed by atoms with Crippen LogP contribution in [0.5, 0.6) is 0 Å². The van der Waals surface area contributed by atoms with Crippen LogP contribution >= 0.6 is 0 Å². The molecule has 0 bridgehead atoms. The number of aliphatic hydroxyl groups excluding tert-OH is 1. The van der Waals surface area contributed by atoms with Crippen LogP contribution in [0, 0.1) is 5.41 Å². The van der Waals surface area contributed by atoms with Gasteiger partial charge in [0.2, 0.25) is 0 Å². The van der Waals surface area contributed by atoms with E-state index in [1.807, 2.05) is 27.7 Å². The SMILES string of the molecule is CC(NC(=O)NC[C@H](O)C(=O)O)C(C)(C)C. The summed E-state index contributed by atoms with van der Waals surface area (Å²) < 4.78 is 0. The molecule has 0 heterocycles.